The summed E-state index contributed by atoms with van der Waals surface area (Å²) < 4.78 is 5.53. The van der Waals surface area contributed by atoms with Gasteiger partial charge in [-0.05, 0) is 48.6 Å². The van der Waals surface area contributed by atoms with Crippen LogP contribution in [0.1, 0.15) is 20.9 Å². The van der Waals surface area contributed by atoms with Gasteiger partial charge in [-0.2, -0.15) is 0 Å². The number of carbonyl (C=O) groups is 2. The monoisotopic (exact) mass is 433 g/mol. The van der Waals surface area contributed by atoms with E-state index < -0.39 is 11.9 Å². The fraction of sp³-hybridized carbons (Fsp3) is 0. The van der Waals surface area contributed by atoms with E-state index in [1.807, 2.05) is 0 Å². The summed E-state index contributed by atoms with van der Waals surface area (Å²) in [6.07, 6.45) is 0. The molecule has 3 aromatic rings. The van der Waals surface area contributed by atoms with Crippen LogP contribution in [0.4, 0.5) is 5.69 Å². The zero-order valence-electron chi connectivity index (χ0n) is 14.0. The zero-order valence-corrected chi connectivity index (χ0v) is 16.3. The molecule has 3 rings (SSSR count). The highest BCUT2D eigenvalue weighted by Gasteiger charge is 2.16. The minimum atomic E-state index is -1.37. The summed E-state index contributed by atoms with van der Waals surface area (Å²) in [5.74, 6) is -1.64. The summed E-state index contributed by atoms with van der Waals surface area (Å²) in [6.45, 7) is 0. The molecule has 0 spiro atoms. The van der Waals surface area contributed by atoms with E-state index in [0.717, 1.165) is 0 Å². The van der Waals surface area contributed by atoms with Gasteiger partial charge >= 0.3 is 0 Å². The third-order valence-electron chi connectivity index (χ3n) is 3.65. The molecule has 0 saturated heterocycles. The number of benzene rings is 2. The van der Waals surface area contributed by atoms with Gasteiger partial charge in [-0.1, -0.05) is 41.4 Å². The van der Waals surface area contributed by atoms with Gasteiger partial charge in [0.2, 0.25) is 0 Å². The van der Waals surface area contributed by atoms with Crippen molar-refractivity contribution in [2.75, 3.05) is 5.32 Å². The molecule has 0 radical (unpaired) electrons. The lowest BCUT2D eigenvalue weighted by atomic mass is 10.2. The predicted molar refractivity (Wildman–Crippen MR) is 109 cm³/mol. The highest BCUT2D eigenvalue weighted by atomic mass is 35.5. The third-order valence-corrected chi connectivity index (χ3v) is 4.41. The fourth-order valence-electron chi connectivity index (χ4n) is 2.38. The first-order valence-corrected chi connectivity index (χ1v) is 8.99. The van der Waals surface area contributed by atoms with Crippen molar-refractivity contribution in [1.29, 1.82) is 0 Å². The largest absolute Gasteiger partial charge is 0.545 e. The van der Waals surface area contributed by atoms with Crippen LogP contribution in [0.5, 0.6) is 0 Å². The van der Waals surface area contributed by atoms with Gasteiger partial charge in [0.25, 0.3) is 5.91 Å². The fourth-order valence-corrected chi connectivity index (χ4v) is 2.96. The highest BCUT2D eigenvalue weighted by Crippen LogP contribution is 2.31. The maximum atomic E-state index is 12.3. The van der Waals surface area contributed by atoms with E-state index in [-0.39, 0.29) is 22.1 Å². The van der Waals surface area contributed by atoms with Crippen molar-refractivity contribution in [3.63, 3.8) is 0 Å². The SMILES string of the molecule is O=C(NC(=S)Nc1ccccc1C(=O)[O-])c1ccc(-c2cc(Cl)ccc2Cl)o1. The number of hydrogen-bond acceptors (Lipinski definition) is 5. The van der Waals surface area contributed by atoms with Crippen LogP contribution in [0, 0.1) is 0 Å². The molecule has 0 atom stereocenters. The molecular weight excluding hydrogens is 423 g/mol. The number of para-hydroxylation sites is 1. The number of halogens is 2. The van der Waals surface area contributed by atoms with E-state index >= 15 is 0 Å². The Kier molecular flexibility index (Phi) is 5.99. The highest BCUT2D eigenvalue weighted by molar-refractivity contribution is 7.80. The number of hydrogen-bond donors (Lipinski definition) is 2. The summed E-state index contributed by atoms with van der Waals surface area (Å²) in [4.78, 5) is 23.5. The number of nitrogens with one attached hydrogen (secondary N) is 2. The molecule has 0 bridgehead atoms. The van der Waals surface area contributed by atoms with Gasteiger partial charge in [0, 0.05) is 21.8 Å². The van der Waals surface area contributed by atoms with E-state index in [4.69, 9.17) is 39.8 Å². The van der Waals surface area contributed by atoms with Crippen molar-refractivity contribution in [2.24, 2.45) is 0 Å². The maximum Gasteiger partial charge on any atom is 0.293 e. The zero-order chi connectivity index (χ0) is 20.3. The van der Waals surface area contributed by atoms with Gasteiger partial charge in [-0.3, -0.25) is 10.1 Å². The van der Waals surface area contributed by atoms with Crippen molar-refractivity contribution in [3.8, 4) is 11.3 Å². The third kappa shape index (κ3) is 4.51. The number of amides is 1. The Morgan fingerprint density at radius 3 is 2.54 bits per heavy atom. The molecule has 0 saturated carbocycles. The Labute approximate surface area is 175 Å². The van der Waals surface area contributed by atoms with E-state index in [2.05, 4.69) is 10.6 Å². The van der Waals surface area contributed by atoms with Crippen molar-refractivity contribution < 1.29 is 19.1 Å². The molecule has 0 aliphatic heterocycles. The quantitative estimate of drug-likeness (QED) is 0.608. The normalized spacial score (nSPS) is 10.4. The summed E-state index contributed by atoms with van der Waals surface area (Å²) in [7, 11) is 0. The Morgan fingerprint density at radius 2 is 1.79 bits per heavy atom. The van der Waals surface area contributed by atoms with Gasteiger partial charge in [0.15, 0.2) is 10.9 Å². The molecular formula is C19H11Cl2N2O4S-. The Bertz CT molecular complexity index is 1080. The lowest BCUT2D eigenvalue weighted by Crippen LogP contribution is -2.35. The molecule has 1 amide bonds. The average Bonchev–Trinajstić information content (AvgIpc) is 3.14. The lowest BCUT2D eigenvalue weighted by molar-refractivity contribution is -0.254. The molecule has 6 nitrogen and oxygen atoms in total. The first-order valence-electron chi connectivity index (χ1n) is 7.83. The number of aromatic carboxylic acids is 1. The average molecular weight is 434 g/mol. The van der Waals surface area contributed by atoms with Crippen LogP contribution < -0.4 is 15.7 Å². The molecule has 2 aromatic carbocycles. The van der Waals surface area contributed by atoms with Crippen molar-refractivity contribution in [3.05, 3.63) is 76.0 Å². The van der Waals surface area contributed by atoms with E-state index in [1.54, 1.807) is 36.4 Å². The van der Waals surface area contributed by atoms with Crippen LogP contribution in [0.3, 0.4) is 0 Å². The van der Waals surface area contributed by atoms with Crippen molar-refractivity contribution in [1.82, 2.24) is 5.32 Å². The van der Waals surface area contributed by atoms with Gasteiger partial charge in [0.1, 0.15) is 5.76 Å². The van der Waals surface area contributed by atoms with Gasteiger partial charge < -0.3 is 19.6 Å². The standard InChI is InChI=1S/C19H12Cl2N2O4S/c20-10-5-6-13(21)12(9-10)15-7-8-16(27-15)17(24)23-19(28)22-14-4-2-1-3-11(14)18(25)26/h1-9H,(H,25,26)(H2,22,23,24,28)/p-1. The van der Waals surface area contributed by atoms with Crippen LogP contribution in [0.15, 0.2) is 59.0 Å². The number of carboxylic acid groups (broad SMARTS) is 1. The Hall–Kier alpha value is -2.87. The van der Waals surface area contributed by atoms with E-state index in [1.165, 1.54) is 18.2 Å². The predicted octanol–water partition coefficient (Wildman–Crippen LogP) is 3.74. The smallest absolute Gasteiger partial charge is 0.293 e. The Morgan fingerprint density at radius 1 is 1.04 bits per heavy atom. The molecule has 9 heteroatoms. The van der Waals surface area contributed by atoms with Gasteiger partial charge in [0.05, 0.1) is 11.0 Å². The molecule has 142 valence electrons. The first-order chi connectivity index (χ1) is 13.3. The topological polar surface area (TPSA) is 94.4 Å². The number of carboxylic acids is 1. The maximum absolute atomic E-state index is 12.3. The van der Waals surface area contributed by atoms with Crippen molar-refractivity contribution >= 4 is 58.1 Å². The summed E-state index contributed by atoms with van der Waals surface area (Å²) >= 11 is 17.2. The van der Waals surface area contributed by atoms with Gasteiger partial charge in [-0.25, -0.2) is 0 Å². The Balaban J connectivity index is 1.72. The molecule has 0 aliphatic carbocycles. The molecule has 0 aliphatic rings. The van der Waals surface area contributed by atoms with E-state index in [0.29, 0.717) is 21.4 Å². The summed E-state index contributed by atoms with van der Waals surface area (Å²) in [5, 5.41) is 17.0. The van der Waals surface area contributed by atoms with Crippen LogP contribution in [-0.2, 0) is 0 Å². The minimum absolute atomic E-state index is 0.0108. The second-order valence-corrected chi connectivity index (χ2v) is 6.78. The molecule has 1 aromatic heterocycles. The number of furan rings is 1. The molecule has 28 heavy (non-hydrogen) atoms. The summed E-state index contributed by atoms with van der Waals surface area (Å²) in [5.41, 5.74) is 0.644. The molecule has 1 heterocycles. The number of thiocarbonyl (C=S) groups is 1. The van der Waals surface area contributed by atoms with Crippen molar-refractivity contribution in [2.45, 2.75) is 0 Å². The summed E-state index contributed by atoms with van der Waals surface area (Å²) in [6, 6.07) is 13.9. The molecule has 0 fully saturated rings. The second kappa shape index (κ2) is 8.43. The minimum Gasteiger partial charge on any atom is -0.545 e. The first kappa shape index (κ1) is 19.9. The van der Waals surface area contributed by atoms with E-state index in [9.17, 15) is 14.7 Å². The number of carbonyl (C=O) groups excluding carboxylic acids is 2. The molecule has 0 unspecified atom stereocenters. The van der Waals surface area contributed by atoms with Crippen LogP contribution in [-0.4, -0.2) is 17.0 Å². The van der Waals surface area contributed by atoms with Gasteiger partial charge in [-0.15, -0.1) is 0 Å². The number of anilines is 1. The lowest BCUT2D eigenvalue weighted by Gasteiger charge is -2.13. The second-order valence-electron chi connectivity index (χ2n) is 5.53. The number of rotatable bonds is 4. The van der Waals surface area contributed by atoms with Crippen LogP contribution in [0.2, 0.25) is 10.0 Å². The molecule has 2 N–H and O–H groups in total. The van der Waals surface area contributed by atoms with Crippen LogP contribution >= 0.6 is 35.4 Å². The van der Waals surface area contributed by atoms with Crippen LogP contribution in [0.25, 0.3) is 11.3 Å².